The van der Waals surface area contributed by atoms with Crippen LogP contribution in [0.25, 0.3) is 0 Å². The van der Waals surface area contributed by atoms with Crippen LogP contribution in [-0.4, -0.2) is 29.1 Å². The highest BCUT2D eigenvalue weighted by Gasteiger charge is 2.58. The third kappa shape index (κ3) is 4.60. The van der Waals surface area contributed by atoms with E-state index in [2.05, 4.69) is 5.32 Å². The quantitative estimate of drug-likeness (QED) is 0.261. The maximum Gasteiger partial charge on any atom is 0.487 e. The number of benzene rings is 3. The van der Waals surface area contributed by atoms with Gasteiger partial charge in [0.05, 0.1) is 23.6 Å². The van der Waals surface area contributed by atoms with E-state index < -0.39 is 25.1 Å². The summed E-state index contributed by atoms with van der Waals surface area (Å²) in [6.45, 7) is 4.07. The number of phenolic OH excluding ortho intramolecular Hbond substituents is 1. The lowest BCUT2D eigenvalue weighted by Crippen LogP contribution is -2.45. The molecule has 4 atom stereocenters. The number of para-hydroxylation sites is 1. The van der Waals surface area contributed by atoms with Gasteiger partial charge in [0, 0.05) is 16.4 Å². The van der Waals surface area contributed by atoms with Gasteiger partial charge in [0.25, 0.3) is 0 Å². The molecule has 0 radical (unpaired) electrons. The molecule has 3 aromatic rings. The summed E-state index contributed by atoms with van der Waals surface area (Å²) in [6.07, 6.45) is 0.207. The average Bonchev–Trinajstić information content (AvgIpc) is 3.18. The van der Waals surface area contributed by atoms with Gasteiger partial charge >= 0.3 is 7.12 Å². The van der Waals surface area contributed by atoms with Crippen molar-refractivity contribution in [2.75, 3.05) is 10.2 Å². The summed E-state index contributed by atoms with van der Waals surface area (Å²) in [5, 5.41) is 24.7. The van der Waals surface area contributed by atoms with Crippen molar-refractivity contribution in [3.8, 4) is 5.75 Å². The molecule has 2 aliphatic heterocycles. The molecule has 0 unspecified atom stereocenters. The van der Waals surface area contributed by atoms with Crippen LogP contribution in [0.15, 0.2) is 83.8 Å². The Balaban J connectivity index is 1.32. The molecule has 204 valence electrons. The summed E-state index contributed by atoms with van der Waals surface area (Å²) in [5.74, 6) is -1.86. The Kier molecular flexibility index (Phi) is 6.94. The molecular weight excluding hydrogens is 527 g/mol. The van der Waals surface area contributed by atoms with Crippen molar-refractivity contribution < 1.29 is 24.4 Å². The number of imide groups is 1. The zero-order valence-corrected chi connectivity index (χ0v) is 23.0. The Morgan fingerprint density at radius 1 is 0.975 bits per heavy atom. The van der Waals surface area contributed by atoms with E-state index in [0.29, 0.717) is 34.6 Å². The van der Waals surface area contributed by atoms with Crippen molar-refractivity contribution in [3.63, 3.8) is 0 Å². The fraction of sp³-hybridized carbons (Fsp3) is 0.290. The maximum atomic E-state index is 14.0. The van der Waals surface area contributed by atoms with Crippen LogP contribution in [0, 0.1) is 23.7 Å². The molecule has 2 fully saturated rings. The summed E-state index contributed by atoms with van der Waals surface area (Å²) < 4.78 is 6.04. The van der Waals surface area contributed by atoms with Crippen LogP contribution < -0.4 is 10.2 Å². The third-order valence-corrected chi connectivity index (χ3v) is 8.69. The molecule has 0 aromatic heterocycles. The minimum Gasteiger partial charge on any atom is -0.508 e. The van der Waals surface area contributed by atoms with E-state index >= 15 is 0 Å². The Hall–Kier alpha value is -3.59. The molecule has 6 rings (SSSR count). The van der Waals surface area contributed by atoms with Gasteiger partial charge in [-0.25, -0.2) is 0 Å². The van der Waals surface area contributed by atoms with Crippen molar-refractivity contribution in [2.24, 2.45) is 23.7 Å². The molecule has 3 N–H and O–H groups in total. The second-order valence-electron chi connectivity index (χ2n) is 11.0. The Labute approximate surface area is 238 Å². The van der Waals surface area contributed by atoms with E-state index in [1.165, 1.54) is 17.0 Å². The van der Waals surface area contributed by atoms with Gasteiger partial charge < -0.3 is 20.1 Å². The topological polar surface area (TPSA) is 99.1 Å². The molecule has 3 aromatic carbocycles. The van der Waals surface area contributed by atoms with Crippen LogP contribution in [0.3, 0.4) is 0 Å². The number of carbonyl (C=O) groups is 2. The van der Waals surface area contributed by atoms with E-state index in [4.69, 9.17) is 16.3 Å². The van der Waals surface area contributed by atoms with Gasteiger partial charge in [-0.1, -0.05) is 55.3 Å². The SMILES string of the molecule is CC(C)C1=C2B(O)O[C@H](c3ccc(O)cc3Cl)C[C@H]2[C@H]2C(=O)N(c3ccc(Nc4ccccc4)cc3)C(=O)[C@H]2C1. The normalized spacial score (nSPS) is 24.4. The number of amides is 2. The number of allylic oxidation sites excluding steroid dienone is 2. The van der Waals surface area contributed by atoms with Crippen molar-refractivity contribution in [2.45, 2.75) is 32.8 Å². The standard InChI is InChI=1S/C31H30BClN2O5/c1-17(2)23-15-25-28(24-16-27(40-32(39)29(23)24)22-13-12-21(36)14-26(22)33)31(38)35(30(25)37)20-10-8-19(9-11-20)34-18-6-4-3-5-7-18/h3-14,17,24-25,27-28,34,36,39H,15-16H2,1-2H3/t24-,25-,27-,28+/m0/s1. The number of nitrogens with zero attached hydrogens (tertiary/aromatic N) is 1. The molecule has 0 spiro atoms. The van der Waals surface area contributed by atoms with Crippen LogP contribution in [0.1, 0.15) is 38.4 Å². The molecule has 0 bridgehead atoms. The molecule has 0 saturated carbocycles. The number of anilines is 3. The summed E-state index contributed by atoms with van der Waals surface area (Å²) >= 11 is 6.43. The predicted octanol–water partition coefficient (Wildman–Crippen LogP) is 6.05. The van der Waals surface area contributed by atoms with E-state index in [-0.39, 0.29) is 29.4 Å². The zero-order valence-electron chi connectivity index (χ0n) is 22.3. The zero-order chi connectivity index (χ0) is 28.1. The summed E-state index contributed by atoms with van der Waals surface area (Å²) in [7, 11) is -1.22. The van der Waals surface area contributed by atoms with Gasteiger partial charge in [-0.05, 0) is 84.2 Å². The fourth-order valence-corrected chi connectivity index (χ4v) is 6.81. The van der Waals surface area contributed by atoms with Crippen LogP contribution in [0.2, 0.25) is 5.02 Å². The molecule has 2 amide bonds. The van der Waals surface area contributed by atoms with Gasteiger partial charge in [-0.2, -0.15) is 0 Å². The molecule has 1 aliphatic carbocycles. The number of rotatable bonds is 5. The molecular formula is C31H30BClN2O5. The van der Waals surface area contributed by atoms with E-state index in [9.17, 15) is 19.7 Å². The highest BCUT2D eigenvalue weighted by Crippen LogP contribution is 2.53. The minimum atomic E-state index is -1.22. The number of aromatic hydroxyl groups is 1. The smallest absolute Gasteiger partial charge is 0.487 e. The Morgan fingerprint density at radius 3 is 2.35 bits per heavy atom. The van der Waals surface area contributed by atoms with Crippen molar-refractivity contribution in [1.82, 2.24) is 0 Å². The fourth-order valence-electron chi connectivity index (χ4n) is 6.52. The van der Waals surface area contributed by atoms with Crippen LogP contribution in [0.5, 0.6) is 5.75 Å². The number of phenols is 1. The number of hydrogen-bond acceptors (Lipinski definition) is 6. The first-order valence-corrected chi connectivity index (χ1v) is 14.0. The number of halogens is 1. The number of nitrogens with one attached hydrogen (secondary N) is 1. The first-order valence-electron chi connectivity index (χ1n) is 13.6. The van der Waals surface area contributed by atoms with Gasteiger partial charge in [0.15, 0.2) is 0 Å². The predicted molar refractivity (Wildman–Crippen MR) is 155 cm³/mol. The number of fused-ring (bicyclic) bond motifs is 3. The Morgan fingerprint density at radius 2 is 1.68 bits per heavy atom. The van der Waals surface area contributed by atoms with Crippen LogP contribution >= 0.6 is 11.6 Å². The van der Waals surface area contributed by atoms with Crippen LogP contribution in [-0.2, 0) is 14.2 Å². The largest absolute Gasteiger partial charge is 0.508 e. The first kappa shape index (κ1) is 26.6. The van der Waals surface area contributed by atoms with Gasteiger partial charge in [-0.3, -0.25) is 14.5 Å². The summed E-state index contributed by atoms with van der Waals surface area (Å²) in [4.78, 5) is 29.1. The number of carbonyl (C=O) groups excluding carboxylic acids is 2. The van der Waals surface area contributed by atoms with Crippen molar-refractivity contribution in [3.05, 3.63) is 94.4 Å². The molecule has 9 heteroatoms. The molecule has 2 heterocycles. The van der Waals surface area contributed by atoms with Gasteiger partial charge in [0.1, 0.15) is 5.75 Å². The highest BCUT2D eigenvalue weighted by atomic mass is 35.5. The van der Waals surface area contributed by atoms with E-state index in [0.717, 1.165) is 16.9 Å². The molecule has 3 aliphatic rings. The average molecular weight is 557 g/mol. The van der Waals surface area contributed by atoms with Gasteiger partial charge in [-0.15, -0.1) is 0 Å². The Bertz CT molecular complexity index is 1490. The van der Waals surface area contributed by atoms with Crippen molar-refractivity contribution in [1.29, 1.82) is 0 Å². The van der Waals surface area contributed by atoms with Crippen LogP contribution in [0.4, 0.5) is 17.1 Å². The summed E-state index contributed by atoms with van der Waals surface area (Å²) in [5.41, 5.74) is 4.63. The molecule has 2 saturated heterocycles. The lowest BCUT2D eigenvalue weighted by atomic mass is 9.54. The lowest BCUT2D eigenvalue weighted by molar-refractivity contribution is -0.123. The first-order chi connectivity index (χ1) is 19.2. The monoisotopic (exact) mass is 556 g/mol. The maximum absolute atomic E-state index is 14.0. The minimum absolute atomic E-state index is 0.0303. The van der Waals surface area contributed by atoms with E-state index in [1.54, 1.807) is 18.2 Å². The van der Waals surface area contributed by atoms with Crippen molar-refractivity contribution >= 4 is 47.6 Å². The second-order valence-corrected chi connectivity index (χ2v) is 11.5. The number of hydrogen-bond donors (Lipinski definition) is 3. The second kappa shape index (κ2) is 10.4. The van der Waals surface area contributed by atoms with Gasteiger partial charge in [0.2, 0.25) is 11.8 Å². The summed E-state index contributed by atoms with van der Waals surface area (Å²) in [6, 6.07) is 21.7. The van der Waals surface area contributed by atoms with E-state index in [1.807, 2.05) is 56.3 Å². The third-order valence-electron chi connectivity index (χ3n) is 8.36. The molecule has 40 heavy (non-hydrogen) atoms. The highest BCUT2D eigenvalue weighted by molar-refractivity contribution is 6.53. The molecule has 7 nitrogen and oxygen atoms in total. The lowest BCUT2D eigenvalue weighted by Gasteiger charge is -2.43.